The standard InChI is InChI=1S/C18H28B8N6O2/c1-31-7-10(6-28-31)11-3-2-9-5-27-13(4-12(9)29-11)30-14(33)8-32-15(19,20)17(23,24)34-18(25,26)16(32,21)22/h2-7H,8,19-26H2,1H3,(H,27,30,33). The number of hydrogen-bond acceptors (Lipinski definition) is 6. The van der Waals surface area contributed by atoms with Gasteiger partial charge in [0, 0.05) is 47.3 Å². The molecule has 1 N–H and O–H groups in total. The van der Waals surface area contributed by atoms with Crippen molar-refractivity contribution in [3.63, 3.8) is 0 Å². The number of pyridine rings is 2. The molecule has 34 heavy (non-hydrogen) atoms. The second kappa shape index (κ2) is 8.12. The largest absolute Gasteiger partial charge is 0.403 e. The molecule has 8 nitrogen and oxygen atoms in total. The molecule has 0 radical (unpaired) electrons. The van der Waals surface area contributed by atoms with E-state index < -0.39 is 10.8 Å². The average molecular weight is 447 g/mol. The number of rotatable bonds is 4. The van der Waals surface area contributed by atoms with Gasteiger partial charge in [-0.2, -0.15) is 5.10 Å². The molecule has 1 saturated heterocycles. The molecule has 3 aromatic heterocycles. The van der Waals surface area contributed by atoms with Gasteiger partial charge in [-0.25, -0.2) is 9.97 Å². The molecule has 3 aromatic rings. The first-order valence-electron chi connectivity index (χ1n) is 11.7. The van der Waals surface area contributed by atoms with E-state index in [1.165, 1.54) is 0 Å². The second-order valence-electron chi connectivity index (χ2n) is 11.2. The molecule has 0 saturated carbocycles. The van der Waals surface area contributed by atoms with Gasteiger partial charge in [0.2, 0.25) is 5.91 Å². The molecule has 1 aliphatic rings. The van der Waals surface area contributed by atoms with Gasteiger partial charge in [0.05, 0.1) is 24.0 Å². The van der Waals surface area contributed by atoms with Crippen molar-refractivity contribution < 1.29 is 9.53 Å². The minimum atomic E-state index is -0.444. The fraction of sp³-hybridized carbons (Fsp3) is 0.333. The highest BCUT2D eigenvalue weighted by molar-refractivity contribution is 6.59. The van der Waals surface area contributed by atoms with Crippen LogP contribution in [-0.2, 0) is 16.6 Å². The molecular formula is C18H28B8N6O2. The normalized spacial score (nSPS) is 20.6. The SMILES string of the molecule is BC1(B)OC(B)(B)C(B)(B)N(CC(=O)Nc2cc3nc(-c4cnn(C)c4)ccc3cn2)C1(B)B. The summed E-state index contributed by atoms with van der Waals surface area (Å²) in [5.74, 6) is 0.362. The average Bonchev–Trinajstić information content (AvgIpc) is 3.16. The number of anilines is 1. The van der Waals surface area contributed by atoms with E-state index in [2.05, 4.69) is 83.1 Å². The maximum absolute atomic E-state index is 13.2. The van der Waals surface area contributed by atoms with Gasteiger partial charge >= 0.3 is 0 Å². The monoisotopic (exact) mass is 448 g/mol. The van der Waals surface area contributed by atoms with Crippen molar-refractivity contribution in [2.75, 3.05) is 11.9 Å². The van der Waals surface area contributed by atoms with Crippen molar-refractivity contribution >= 4 is 85.4 Å². The molecule has 1 amide bonds. The number of ether oxygens (including phenoxy) is 1. The number of morpholine rings is 1. The van der Waals surface area contributed by atoms with Gasteiger partial charge in [-0.05, 0) is 22.8 Å². The maximum Gasteiger partial charge on any atom is 0.239 e. The molecule has 16 heteroatoms. The highest BCUT2D eigenvalue weighted by Gasteiger charge is 2.58. The molecule has 0 spiro atoms. The van der Waals surface area contributed by atoms with Crippen LogP contribution in [0.2, 0.25) is 0 Å². The van der Waals surface area contributed by atoms with Crippen molar-refractivity contribution in [3.05, 3.63) is 36.8 Å². The van der Waals surface area contributed by atoms with Crippen LogP contribution in [0, 0.1) is 0 Å². The first kappa shape index (κ1) is 24.8. The molecule has 1 fully saturated rings. The van der Waals surface area contributed by atoms with Crippen LogP contribution in [0.4, 0.5) is 5.82 Å². The highest BCUT2D eigenvalue weighted by atomic mass is 16.5. The van der Waals surface area contributed by atoms with E-state index in [0.29, 0.717) is 5.82 Å². The van der Waals surface area contributed by atoms with Crippen LogP contribution in [0.5, 0.6) is 0 Å². The summed E-state index contributed by atoms with van der Waals surface area (Å²) in [6.45, 7) is 0.221. The topological polar surface area (TPSA) is 85.2 Å². The Kier molecular flexibility index (Phi) is 5.92. The minimum absolute atomic E-state index is 0.120. The highest BCUT2D eigenvalue weighted by Crippen LogP contribution is 2.39. The first-order valence-corrected chi connectivity index (χ1v) is 11.7. The number of carbonyl (C=O) groups excluding carboxylic acids is 1. The molecule has 0 bridgehead atoms. The predicted octanol–water partition coefficient (Wildman–Crippen LogP) is -7.02. The lowest BCUT2D eigenvalue weighted by Gasteiger charge is -2.68. The van der Waals surface area contributed by atoms with Gasteiger partial charge in [0.1, 0.15) is 68.6 Å². The fourth-order valence-electron chi connectivity index (χ4n) is 4.76. The number of carbonyl (C=O) groups is 1. The van der Waals surface area contributed by atoms with Crippen LogP contribution in [0.3, 0.4) is 0 Å². The lowest BCUT2D eigenvalue weighted by molar-refractivity contribution is -0.131. The molecule has 0 unspecified atom stereocenters. The van der Waals surface area contributed by atoms with Crippen molar-refractivity contribution in [2.45, 2.75) is 21.5 Å². The van der Waals surface area contributed by atoms with E-state index in [-0.39, 0.29) is 23.1 Å². The summed E-state index contributed by atoms with van der Waals surface area (Å²) in [5.41, 5.74) is 2.53. The van der Waals surface area contributed by atoms with Gasteiger partial charge in [-0.3, -0.25) is 9.48 Å². The van der Waals surface area contributed by atoms with E-state index in [9.17, 15) is 4.79 Å². The van der Waals surface area contributed by atoms with Crippen LogP contribution in [0.1, 0.15) is 0 Å². The number of nitrogens with one attached hydrogen (secondary N) is 1. The van der Waals surface area contributed by atoms with Gasteiger partial charge < -0.3 is 15.0 Å². The summed E-state index contributed by atoms with van der Waals surface area (Å²) < 4.78 is 8.27. The third kappa shape index (κ3) is 4.15. The zero-order chi connectivity index (χ0) is 25.1. The van der Waals surface area contributed by atoms with E-state index in [0.717, 1.165) is 22.2 Å². The van der Waals surface area contributed by atoms with Crippen LogP contribution in [0.25, 0.3) is 22.2 Å². The summed E-state index contributed by atoms with van der Waals surface area (Å²) in [5, 5.41) is 6.48. The van der Waals surface area contributed by atoms with Gasteiger partial charge in [0.15, 0.2) is 0 Å². The molecule has 0 aromatic carbocycles. The van der Waals surface area contributed by atoms with Crippen LogP contribution in [-0.4, -0.2) is 121 Å². The van der Waals surface area contributed by atoms with Gasteiger partial charge in [-0.1, -0.05) is 0 Å². The summed E-state index contributed by atoms with van der Waals surface area (Å²) in [6, 6.07) is 5.74. The Labute approximate surface area is 208 Å². The van der Waals surface area contributed by atoms with Crippen molar-refractivity contribution in [1.29, 1.82) is 0 Å². The Balaban J connectivity index is 1.58. The lowest BCUT2D eigenvalue weighted by atomic mass is 9.30. The quantitative estimate of drug-likeness (QED) is 0.401. The van der Waals surface area contributed by atoms with Gasteiger partial charge in [-0.15, -0.1) is 0 Å². The smallest absolute Gasteiger partial charge is 0.239 e. The summed E-state index contributed by atoms with van der Waals surface area (Å²) >= 11 is 0. The fourth-order valence-corrected chi connectivity index (χ4v) is 4.76. The minimum Gasteiger partial charge on any atom is -0.403 e. The number of amides is 1. The number of hydrogen-bond donors (Lipinski definition) is 1. The predicted molar refractivity (Wildman–Crippen MR) is 157 cm³/mol. The van der Waals surface area contributed by atoms with Crippen molar-refractivity contribution in [3.8, 4) is 11.3 Å². The van der Waals surface area contributed by atoms with E-state index >= 15 is 0 Å². The molecule has 4 heterocycles. The Morgan fingerprint density at radius 3 is 2.26 bits per heavy atom. The maximum atomic E-state index is 13.2. The zero-order valence-corrected chi connectivity index (χ0v) is 21.7. The van der Waals surface area contributed by atoms with Crippen molar-refractivity contribution in [1.82, 2.24) is 24.6 Å². The molecular weight excluding hydrogens is 419 g/mol. The Hall–Kier alpha value is -2.32. The molecule has 0 atom stereocenters. The van der Waals surface area contributed by atoms with Crippen LogP contribution in [0.15, 0.2) is 36.8 Å². The lowest BCUT2D eigenvalue weighted by Crippen LogP contribution is -2.86. The molecule has 166 valence electrons. The third-order valence-corrected chi connectivity index (χ3v) is 7.95. The molecule has 4 rings (SSSR count). The Bertz CT molecular complexity index is 1240. The molecule has 0 aliphatic carbocycles. The zero-order valence-electron chi connectivity index (χ0n) is 21.7. The van der Waals surface area contributed by atoms with Crippen molar-refractivity contribution in [2.24, 2.45) is 7.05 Å². The Morgan fingerprint density at radius 1 is 1.03 bits per heavy atom. The van der Waals surface area contributed by atoms with Crippen LogP contribution < -0.4 is 5.32 Å². The van der Waals surface area contributed by atoms with E-state index in [1.807, 2.05) is 31.4 Å². The number of aromatic nitrogens is 4. The third-order valence-electron chi connectivity index (χ3n) is 7.95. The summed E-state index contributed by atoms with van der Waals surface area (Å²) in [7, 11) is 18.8. The molecule has 1 aliphatic heterocycles. The number of aryl methyl sites for hydroxylation is 1. The summed E-state index contributed by atoms with van der Waals surface area (Å²) in [6.07, 6.45) is 5.44. The summed E-state index contributed by atoms with van der Waals surface area (Å²) in [4.78, 5) is 24.7. The van der Waals surface area contributed by atoms with Crippen LogP contribution >= 0.6 is 0 Å². The second-order valence-corrected chi connectivity index (χ2v) is 11.2. The number of fused-ring (bicyclic) bond motifs is 1. The van der Waals surface area contributed by atoms with E-state index in [1.54, 1.807) is 17.1 Å². The Morgan fingerprint density at radius 2 is 1.68 bits per heavy atom. The first-order chi connectivity index (χ1) is 15.6. The van der Waals surface area contributed by atoms with Gasteiger partial charge in [0.25, 0.3) is 0 Å². The van der Waals surface area contributed by atoms with E-state index in [4.69, 9.17) is 9.72 Å². The number of nitrogens with zero attached hydrogens (tertiary/aromatic N) is 5.